The number of rotatable bonds is 3. The van der Waals surface area contributed by atoms with E-state index < -0.39 is 0 Å². The van der Waals surface area contributed by atoms with E-state index in [0.29, 0.717) is 11.3 Å². The van der Waals surface area contributed by atoms with E-state index in [4.69, 9.17) is 11.6 Å². The van der Waals surface area contributed by atoms with E-state index in [1.165, 1.54) is 0 Å². The maximum Gasteiger partial charge on any atom is 0.142 e. The summed E-state index contributed by atoms with van der Waals surface area (Å²) in [5.74, 6) is 1.64. The molecule has 0 amide bonds. The van der Waals surface area contributed by atoms with Crippen molar-refractivity contribution >= 4 is 40.0 Å². The summed E-state index contributed by atoms with van der Waals surface area (Å²) in [5.41, 5.74) is 0. The number of hydrogen-bond acceptors (Lipinski definition) is 3. The number of nitrogens with zero attached hydrogens (tertiary/aromatic N) is 2. The molecule has 0 aromatic carbocycles. The lowest BCUT2D eigenvalue weighted by Crippen LogP contribution is -2.30. The van der Waals surface area contributed by atoms with Gasteiger partial charge in [0, 0.05) is 18.1 Å². The highest BCUT2D eigenvalue weighted by molar-refractivity contribution is 14.1. The van der Waals surface area contributed by atoms with Crippen molar-refractivity contribution < 1.29 is 0 Å². The highest BCUT2D eigenvalue weighted by atomic mass is 127. The third kappa shape index (κ3) is 2.48. The molecular weight excluding hydrogens is 312 g/mol. The zero-order chi connectivity index (χ0) is 9.97. The van der Waals surface area contributed by atoms with Gasteiger partial charge in [0.05, 0.1) is 3.57 Å². The molecule has 14 heavy (non-hydrogen) atoms. The topological polar surface area (TPSA) is 37.8 Å². The van der Waals surface area contributed by atoms with E-state index in [2.05, 4.69) is 37.9 Å². The van der Waals surface area contributed by atoms with Gasteiger partial charge >= 0.3 is 0 Å². The largest absolute Gasteiger partial charge is 0.369 e. The summed E-state index contributed by atoms with van der Waals surface area (Å²) in [6, 6.07) is 0. The summed E-state index contributed by atoms with van der Waals surface area (Å²) in [5, 5.41) is 3.71. The molecule has 1 aromatic heterocycles. The molecule has 2 rings (SSSR count). The quantitative estimate of drug-likeness (QED) is 0.686. The standard InChI is InChI=1S/C9H11ClIN3/c10-7-1-6(2-7)3-13-9-8(11)4-12-5-14-9/h4-7H,1-3H2,(H,12,13,14). The van der Waals surface area contributed by atoms with Crippen LogP contribution in [-0.2, 0) is 0 Å². The lowest BCUT2D eigenvalue weighted by Gasteiger charge is -2.31. The normalized spacial score (nSPS) is 25.6. The summed E-state index contributed by atoms with van der Waals surface area (Å²) in [7, 11) is 0. The van der Waals surface area contributed by atoms with Crippen molar-refractivity contribution in [2.24, 2.45) is 5.92 Å². The lowest BCUT2D eigenvalue weighted by atomic mass is 9.85. The Morgan fingerprint density at radius 2 is 2.36 bits per heavy atom. The van der Waals surface area contributed by atoms with Crippen LogP contribution in [0.1, 0.15) is 12.8 Å². The SMILES string of the molecule is ClC1CC(CNc2ncncc2I)C1. The minimum Gasteiger partial charge on any atom is -0.369 e. The van der Waals surface area contributed by atoms with Gasteiger partial charge in [-0.25, -0.2) is 9.97 Å². The Bertz CT molecular complexity index is 315. The predicted molar refractivity (Wildman–Crippen MR) is 65.6 cm³/mol. The first-order valence-corrected chi connectivity index (χ1v) is 6.10. The molecule has 0 unspecified atom stereocenters. The number of hydrogen-bond donors (Lipinski definition) is 1. The second-order valence-electron chi connectivity index (χ2n) is 3.53. The maximum atomic E-state index is 5.90. The van der Waals surface area contributed by atoms with E-state index >= 15 is 0 Å². The summed E-state index contributed by atoms with van der Waals surface area (Å²) in [4.78, 5) is 8.10. The molecule has 1 saturated carbocycles. The molecule has 3 nitrogen and oxygen atoms in total. The van der Waals surface area contributed by atoms with Crippen molar-refractivity contribution in [3.8, 4) is 0 Å². The second kappa shape index (κ2) is 4.61. The van der Waals surface area contributed by atoms with Crippen molar-refractivity contribution in [1.82, 2.24) is 9.97 Å². The number of aromatic nitrogens is 2. The predicted octanol–water partition coefficient (Wildman–Crippen LogP) is 2.51. The molecule has 0 saturated heterocycles. The monoisotopic (exact) mass is 323 g/mol. The van der Waals surface area contributed by atoms with Crippen LogP contribution in [0.15, 0.2) is 12.5 Å². The summed E-state index contributed by atoms with van der Waals surface area (Å²) in [6.07, 6.45) is 5.61. The van der Waals surface area contributed by atoms with Gasteiger partial charge in [-0.2, -0.15) is 0 Å². The van der Waals surface area contributed by atoms with Crippen LogP contribution in [0.3, 0.4) is 0 Å². The molecule has 0 aliphatic heterocycles. The number of halogens is 2. The van der Waals surface area contributed by atoms with Gasteiger partial charge in [-0.15, -0.1) is 11.6 Å². The first kappa shape index (κ1) is 10.4. The van der Waals surface area contributed by atoms with E-state index in [0.717, 1.165) is 28.8 Å². The van der Waals surface area contributed by atoms with Crippen molar-refractivity contribution in [2.45, 2.75) is 18.2 Å². The molecule has 1 aliphatic rings. The van der Waals surface area contributed by atoms with E-state index in [9.17, 15) is 0 Å². The van der Waals surface area contributed by atoms with Crippen LogP contribution < -0.4 is 5.32 Å². The van der Waals surface area contributed by atoms with Crippen LogP contribution in [0.25, 0.3) is 0 Å². The van der Waals surface area contributed by atoms with Gasteiger partial charge in [-0.1, -0.05) is 0 Å². The molecule has 0 radical (unpaired) electrons. The van der Waals surface area contributed by atoms with Gasteiger partial charge in [0.1, 0.15) is 12.1 Å². The lowest BCUT2D eigenvalue weighted by molar-refractivity contribution is 0.341. The molecular formula is C9H11ClIN3. The zero-order valence-corrected chi connectivity index (χ0v) is 10.5. The molecule has 1 heterocycles. The van der Waals surface area contributed by atoms with Gasteiger partial charge in [0.2, 0.25) is 0 Å². The number of nitrogens with one attached hydrogen (secondary N) is 1. The van der Waals surface area contributed by atoms with Crippen LogP contribution in [0, 0.1) is 9.49 Å². The molecule has 5 heteroatoms. The first-order valence-electron chi connectivity index (χ1n) is 4.59. The van der Waals surface area contributed by atoms with Crippen molar-refractivity contribution in [1.29, 1.82) is 0 Å². The van der Waals surface area contributed by atoms with Crippen LogP contribution >= 0.6 is 34.2 Å². The van der Waals surface area contributed by atoms with Crippen molar-refractivity contribution in [2.75, 3.05) is 11.9 Å². The van der Waals surface area contributed by atoms with Gasteiger partial charge in [0.25, 0.3) is 0 Å². The van der Waals surface area contributed by atoms with Gasteiger partial charge < -0.3 is 5.32 Å². The summed E-state index contributed by atoms with van der Waals surface area (Å²) >= 11 is 8.13. The fraction of sp³-hybridized carbons (Fsp3) is 0.556. The molecule has 76 valence electrons. The van der Waals surface area contributed by atoms with E-state index in [1.807, 2.05) is 0 Å². The minimum absolute atomic E-state index is 0.395. The van der Waals surface area contributed by atoms with Crippen molar-refractivity contribution in [3.05, 3.63) is 16.1 Å². The average Bonchev–Trinajstić information content (AvgIpc) is 2.13. The Balaban J connectivity index is 1.83. The van der Waals surface area contributed by atoms with Crippen LogP contribution in [0.5, 0.6) is 0 Å². The van der Waals surface area contributed by atoms with E-state index in [1.54, 1.807) is 12.5 Å². The van der Waals surface area contributed by atoms with Crippen LogP contribution in [0.4, 0.5) is 5.82 Å². The molecule has 0 atom stereocenters. The molecule has 0 bridgehead atoms. The molecule has 1 aromatic rings. The summed E-state index contributed by atoms with van der Waals surface area (Å²) in [6.45, 7) is 0.968. The molecule has 1 N–H and O–H groups in total. The van der Waals surface area contributed by atoms with Gasteiger partial charge in [-0.3, -0.25) is 0 Å². The second-order valence-corrected chi connectivity index (χ2v) is 5.31. The number of alkyl halides is 1. The third-order valence-electron chi connectivity index (χ3n) is 2.40. The highest BCUT2D eigenvalue weighted by Crippen LogP contribution is 2.31. The van der Waals surface area contributed by atoms with E-state index in [-0.39, 0.29) is 0 Å². The Labute approximate surface area is 102 Å². The Morgan fingerprint density at radius 3 is 3.00 bits per heavy atom. The van der Waals surface area contributed by atoms with Crippen molar-refractivity contribution in [3.63, 3.8) is 0 Å². The Kier molecular flexibility index (Phi) is 3.43. The fourth-order valence-electron chi connectivity index (χ4n) is 1.50. The average molecular weight is 324 g/mol. The maximum absolute atomic E-state index is 5.90. The van der Waals surface area contributed by atoms with Gasteiger partial charge in [0.15, 0.2) is 0 Å². The van der Waals surface area contributed by atoms with Crippen LogP contribution in [0.2, 0.25) is 0 Å². The van der Waals surface area contributed by atoms with Gasteiger partial charge in [-0.05, 0) is 41.4 Å². The van der Waals surface area contributed by atoms with Crippen LogP contribution in [-0.4, -0.2) is 21.9 Å². The zero-order valence-electron chi connectivity index (χ0n) is 7.58. The number of anilines is 1. The molecule has 0 spiro atoms. The molecule has 1 aliphatic carbocycles. The fourth-order valence-corrected chi connectivity index (χ4v) is 2.50. The minimum atomic E-state index is 0.395. The Hall–Kier alpha value is -0.100. The highest BCUT2D eigenvalue weighted by Gasteiger charge is 2.26. The third-order valence-corrected chi connectivity index (χ3v) is 3.55. The smallest absolute Gasteiger partial charge is 0.142 e. The Morgan fingerprint density at radius 1 is 1.57 bits per heavy atom. The molecule has 1 fully saturated rings. The first-order chi connectivity index (χ1) is 6.75. The summed E-state index contributed by atoms with van der Waals surface area (Å²) < 4.78 is 1.06.